The number of piperidine rings is 1. The Morgan fingerprint density at radius 3 is 2.67 bits per heavy atom. The normalized spacial score (nSPS) is 23.2. The lowest BCUT2D eigenvalue weighted by atomic mass is 10.0. The number of hydrogen-bond acceptors (Lipinski definition) is 3. The van der Waals surface area contributed by atoms with Gasteiger partial charge in [0.1, 0.15) is 0 Å². The maximum absolute atomic E-state index is 11.4. The number of likely N-dealkylation sites (tertiary alicyclic amines) is 1. The minimum absolute atomic E-state index is 0.262. The van der Waals surface area contributed by atoms with E-state index < -0.39 is 0 Å². The topological polar surface area (TPSA) is 23.6 Å². The van der Waals surface area contributed by atoms with Gasteiger partial charge < -0.3 is 4.90 Å². The predicted octanol–water partition coefficient (Wildman–Crippen LogP) is 0.337. The summed E-state index contributed by atoms with van der Waals surface area (Å²) < 4.78 is 0. The minimum atomic E-state index is 0.262. The van der Waals surface area contributed by atoms with E-state index >= 15 is 0 Å². The third kappa shape index (κ3) is 2.34. The maximum Gasteiger partial charge on any atom is 0.174 e. The number of carbonyl (C=O) groups is 1. The summed E-state index contributed by atoms with van der Waals surface area (Å²) in [6.07, 6.45) is 2.81. The van der Waals surface area contributed by atoms with Crippen molar-refractivity contribution in [1.29, 1.82) is 0 Å². The fraction of sp³-hybridized carbons (Fsp3) is 0.667. The summed E-state index contributed by atoms with van der Waals surface area (Å²) in [4.78, 5) is 15.4. The van der Waals surface area contributed by atoms with Crippen molar-refractivity contribution in [2.24, 2.45) is 0 Å². The first kappa shape index (κ1) is 9.26. The number of carbonyl (C=O) groups excluding carboxylic acids is 1. The molecule has 0 N–H and O–H groups in total. The number of rotatable bonds is 1. The first-order valence-electron chi connectivity index (χ1n) is 4.18. The monoisotopic (exact) mass is 168 g/mol. The van der Waals surface area contributed by atoms with Crippen molar-refractivity contribution < 1.29 is 4.79 Å². The second-order valence-corrected chi connectivity index (χ2v) is 3.53. The Morgan fingerprint density at radius 2 is 2.17 bits per heavy atom. The molecule has 0 unspecified atom stereocenters. The van der Waals surface area contributed by atoms with Gasteiger partial charge in [0.05, 0.1) is 6.54 Å². The fourth-order valence-corrected chi connectivity index (χ4v) is 1.32. The lowest BCUT2D eigenvalue weighted by Crippen LogP contribution is -2.34. The highest BCUT2D eigenvalue weighted by Gasteiger charge is 2.18. The van der Waals surface area contributed by atoms with Gasteiger partial charge in [-0.05, 0) is 13.5 Å². The molecule has 0 atom stereocenters. The van der Waals surface area contributed by atoms with Gasteiger partial charge in [0.25, 0.3) is 0 Å². The summed E-state index contributed by atoms with van der Waals surface area (Å²) in [5.41, 5.74) is 0.957. The van der Waals surface area contributed by atoms with E-state index in [4.69, 9.17) is 0 Å². The van der Waals surface area contributed by atoms with E-state index in [-0.39, 0.29) is 5.78 Å². The predicted molar refractivity (Wildman–Crippen MR) is 48.9 cm³/mol. The number of nitrogens with zero attached hydrogens (tertiary/aromatic N) is 2. The number of hydrogen-bond donors (Lipinski definition) is 0. The third-order valence-corrected chi connectivity index (χ3v) is 1.95. The fourth-order valence-electron chi connectivity index (χ4n) is 1.32. The van der Waals surface area contributed by atoms with Crippen molar-refractivity contribution in [3.05, 3.63) is 11.8 Å². The van der Waals surface area contributed by atoms with Crippen molar-refractivity contribution in [2.45, 2.75) is 6.42 Å². The zero-order chi connectivity index (χ0) is 9.14. The molecule has 0 amide bonds. The molecule has 0 spiro atoms. The van der Waals surface area contributed by atoms with Gasteiger partial charge in [-0.15, -0.1) is 0 Å². The molecule has 0 aromatic carbocycles. The van der Waals surface area contributed by atoms with E-state index in [1.807, 2.05) is 32.2 Å². The zero-order valence-corrected chi connectivity index (χ0v) is 8.00. The minimum Gasteiger partial charge on any atom is -0.383 e. The van der Waals surface area contributed by atoms with Gasteiger partial charge in [-0.3, -0.25) is 9.69 Å². The van der Waals surface area contributed by atoms with E-state index in [2.05, 4.69) is 4.90 Å². The van der Waals surface area contributed by atoms with Crippen molar-refractivity contribution >= 4 is 5.78 Å². The second-order valence-electron chi connectivity index (χ2n) is 3.53. The van der Waals surface area contributed by atoms with Gasteiger partial charge >= 0.3 is 0 Å². The van der Waals surface area contributed by atoms with E-state index in [9.17, 15) is 4.79 Å². The molecule has 0 saturated carbocycles. The van der Waals surface area contributed by atoms with Crippen LogP contribution in [0.2, 0.25) is 0 Å². The molecule has 0 aliphatic carbocycles. The molecule has 1 fully saturated rings. The Bertz CT molecular complexity index is 209. The number of Topliss-reactive ketones (excluding diaryl/α,β-unsaturated/α-hetero) is 1. The van der Waals surface area contributed by atoms with Crippen LogP contribution in [0.1, 0.15) is 6.42 Å². The van der Waals surface area contributed by atoms with Crippen molar-refractivity contribution in [1.82, 2.24) is 9.80 Å². The van der Waals surface area contributed by atoms with Gasteiger partial charge in [0.2, 0.25) is 0 Å². The first-order chi connectivity index (χ1) is 5.59. The summed E-state index contributed by atoms with van der Waals surface area (Å²) in [5, 5.41) is 0. The van der Waals surface area contributed by atoms with Gasteiger partial charge in [-0.2, -0.15) is 0 Å². The molecule has 1 rings (SSSR count). The van der Waals surface area contributed by atoms with Gasteiger partial charge in [0.15, 0.2) is 5.78 Å². The van der Waals surface area contributed by atoms with Crippen LogP contribution in [0.15, 0.2) is 11.8 Å². The number of likely N-dealkylation sites (N-methyl/N-ethyl adjacent to an activating group) is 1. The molecule has 1 aliphatic rings. The lowest BCUT2D eigenvalue weighted by molar-refractivity contribution is -0.117. The summed E-state index contributed by atoms with van der Waals surface area (Å²) in [6, 6.07) is 0. The highest BCUT2D eigenvalue weighted by molar-refractivity contribution is 5.97. The molecular weight excluding hydrogens is 152 g/mol. The SMILES string of the molecule is CN(C)/C=C1\CCN(C)CC1=O. The average molecular weight is 168 g/mol. The molecule has 0 aromatic heterocycles. The number of ketones is 1. The lowest BCUT2D eigenvalue weighted by Gasteiger charge is -2.23. The summed E-state index contributed by atoms with van der Waals surface area (Å²) in [6.45, 7) is 1.56. The Hall–Kier alpha value is -0.830. The van der Waals surface area contributed by atoms with E-state index in [1.165, 1.54) is 0 Å². The van der Waals surface area contributed by atoms with Crippen molar-refractivity contribution in [3.8, 4) is 0 Å². The summed E-state index contributed by atoms with van der Waals surface area (Å²) in [7, 11) is 5.86. The van der Waals surface area contributed by atoms with Gasteiger partial charge in [-0.1, -0.05) is 0 Å². The quantitative estimate of drug-likeness (QED) is 0.527. The molecule has 68 valence electrons. The highest BCUT2D eigenvalue weighted by Crippen LogP contribution is 2.11. The van der Waals surface area contributed by atoms with Crippen molar-refractivity contribution in [2.75, 3.05) is 34.2 Å². The van der Waals surface area contributed by atoms with Crippen LogP contribution in [0, 0.1) is 0 Å². The van der Waals surface area contributed by atoms with Crippen LogP contribution in [-0.4, -0.2) is 49.8 Å². The van der Waals surface area contributed by atoms with E-state index in [1.54, 1.807) is 0 Å². The largest absolute Gasteiger partial charge is 0.383 e. The summed E-state index contributed by atoms with van der Waals surface area (Å²) in [5.74, 6) is 0.262. The molecule has 0 aromatic rings. The molecule has 3 heteroatoms. The Morgan fingerprint density at radius 1 is 1.50 bits per heavy atom. The Labute approximate surface area is 73.6 Å². The molecule has 0 bridgehead atoms. The zero-order valence-electron chi connectivity index (χ0n) is 8.00. The molecule has 1 saturated heterocycles. The Balaban J connectivity index is 2.62. The van der Waals surface area contributed by atoms with Crippen LogP contribution >= 0.6 is 0 Å². The molecule has 3 nitrogen and oxygen atoms in total. The van der Waals surface area contributed by atoms with Crippen LogP contribution in [0.4, 0.5) is 0 Å². The second kappa shape index (κ2) is 3.72. The van der Waals surface area contributed by atoms with Crippen LogP contribution in [0.25, 0.3) is 0 Å². The van der Waals surface area contributed by atoms with Gasteiger partial charge in [-0.25, -0.2) is 0 Å². The van der Waals surface area contributed by atoms with Crippen LogP contribution in [0.5, 0.6) is 0 Å². The van der Waals surface area contributed by atoms with Gasteiger partial charge in [0, 0.05) is 32.4 Å². The smallest absolute Gasteiger partial charge is 0.174 e. The molecule has 12 heavy (non-hydrogen) atoms. The average Bonchev–Trinajstić information content (AvgIpc) is 1.94. The van der Waals surface area contributed by atoms with E-state index in [0.29, 0.717) is 6.54 Å². The maximum atomic E-state index is 11.4. The Kier molecular flexibility index (Phi) is 2.87. The van der Waals surface area contributed by atoms with Crippen molar-refractivity contribution in [3.63, 3.8) is 0 Å². The van der Waals surface area contributed by atoms with Crippen LogP contribution < -0.4 is 0 Å². The molecule has 1 aliphatic heterocycles. The highest BCUT2D eigenvalue weighted by atomic mass is 16.1. The molecular formula is C9H16N2O. The third-order valence-electron chi connectivity index (χ3n) is 1.95. The van der Waals surface area contributed by atoms with Crippen LogP contribution in [-0.2, 0) is 4.79 Å². The summed E-state index contributed by atoms with van der Waals surface area (Å²) >= 11 is 0. The molecule has 1 heterocycles. The standard InChI is InChI=1S/C9H16N2O/c1-10(2)6-8-4-5-11(3)7-9(8)12/h6H,4-5,7H2,1-3H3/b8-6+. The molecule has 0 radical (unpaired) electrons. The van der Waals surface area contributed by atoms with Crippen LogP contribution in [0.3, 0.4) is 0 Å². The van der Waals surface area contributed by atoms with E-state index in [0.717, 1.165) is 18.5 Å². The first-order valence-corrected chi connectivity index (χ1v) is 4.18.